The van der Waals surface area contributed by atoms with Crippen LogP contribution in [0.5, 0.6) is 0 Å². The number of furan rings is 2. The van der Waals surface area contributed by atoms with Crippen LogP contribution in [0.15, 0.2) is 52.2 Å². The quantitative estimate of drug-likeness (QED) is 0.575. The monoisotopic (exact) mass is 325 g/mol. The Balaban J connectivity index is 1.83. The Labute approximate surface area is 137 Å². The molecule has 0 saturated carbocycles. The first kappa shape index (κ1) is 14.0. The minimum absolute atomic E-state index is 0.585. The van der Waals surface area contributed by atoms with Gasteiger partial charge in [0.25, 0.3) is 0 Å². The van der Waals surface area contributed by atoms with E-state index in [1.165, 1.54) is 4.88 Å². The third-order valence-corrected chi connectivity index (χ3v) is 4.94. The predicted molar refractivity (Wildman–Crippen MR) is 90.5 cm³/mol. The summed E-state index contributed by atoms with van der Waals surface area (Å²) < 4.78 is 10.7. The third kappa shape index (κ3) is 2.51. The maximum absolute atomic E-state index is 5.38. The lowest BCUT2D eigenvalue weighted by atomic mass is 10.1. The molecule has 4 heterocycles. The number of aromatic nitrogens is 2. The van der Waals surface area contributed by atoms with E-state index in [4.69, 9.17) is 8.83 Å². The first-order valence-corrected chi connectivity index (χ1v) is 8.23. The molecule has 0 aromatic carbocycles. The van der Waals surface area contributed by atoms with E-state index in [0.29, 0.717) is 6.54 Å². The average molecular weight is 325 g/mol. The van der Waals surface area contributed by atoms with Gasteiger partial charge in [0.1, 0.15) is 22.7 Å². The van der Waals surface area contributed by atoms with Crippen molar-refractivity contribution in [3.05, 3.63) is 54.0 Å². The molecule has 4 aromatic heterocycles. The molecule has 0 aliphatic carbocycles. The average Bonchev–Trinajstić information content (AvgIpc) is 3.30. The van der Waals surface area contributed by atoms with E-state index >= 15 is 0 Å². The Kier molecular flexibility index (Phi) is 3.59. The molecule has 0 amide bonds. The predicted octanol–water partition coefficient (Wildman–Crippen LogP) is 4.72. The largest absolute Gasteiger partial charge is 0.472 e. The fourth-order valence-electron chi connectivity index (χ4n) is 2.66. The van der Waals surface area contributed by atoms with Crippen molar-refractivity contribution in [3.8, 4) is 11.1 Å². The normalized spacial score (nSPS) is 11.2. The van der Waals surface area contributed by atoms with Gasteiger partial charge in [0, 0.05) is 16.0 Å². The van der Waals surface area contributed by atoms with Crippen LogP contribution in [0, 0.1) is 0 Å². The van der Waals surface area contributed by atoms with Gasteiger partial charge in [-0.2, -0.15) is 0 Å². The molecule has 0 saturated heterocycles. The van der Waals surface area contributed by atoms with Gasteiger partial charge in [0.2, 0.25) is 0 Å². The maximum Gasteiger partial charge on any atom is 0.139 e. The van der Waals surface area contributed by atoms with Crippen molar-refractivity contribution in [1.82, 2.24) is 9.97 Å². The molecule has 0 aliphatic heterocycles. The second kappa shape index (κ2) is 5.89. The number of rotatable bonds is 5. The van der Waals surface area contributed by atoms with Gasteiger partial charge in [0.05, 0.1) is 30.7 Å². The Hall–Kier alpha value is -2.60. The molecule has 0 fully saturated rings. The van der Waals surface area contributed by atoms with Crippen molar-refractivity contribution >= 4 is 27.4 Å². The number of nitrogens with zero attached hydrogens (tertiary/aromatic N) is 2. The molecule has 5 nitrogen and oxygen atoms in total. The van der Waals surface area contributed by atoms with Crippen molar-refractivity contribution < 1.29 is 8.83 Å². The summed E-state index contributed by atoms with van der Waals surface area (Å²) in [5.74, 6) is 1.69. The summed E-state index contributed by atoms with van der Waals surface area (Å²) in [4.78, 5) is 11.1. The van der Waals surface area contributed by atoms with Crippen LogP contribution in [-0.4, -0.2) is 9.97 Å². The van der Waals surface area contributed by atoms with Crippen LogP contribution in [0.3, 0.4) is 0 Å². The molecule has 0 radical (unpaired) electrons. The summed E-state index contributed by atoms with van der Waals surface area (Å²) in [6, 6.07) is 5.79. The van der Waals surface area contributed by atoms with Crippen molar-refractivity contribution in [1.29, 1.82) is 0 Å². The van der Waals surface area contributed by atoms with Crippen LogP contribution >= 0.6 is 11.3 Å². The van der Waals surface area contributed by atoms with Gasteiger partial charge >= 0.3 is 0 Å². The molecule has 0 atom stereocenters. The van der Waals surface area contributed by atoms with Crippen LogP contribution in [0.2, 0.25) is 0 Å². The van der Waals surface area contributed by atoms with Gasteiger partial charge < -0.3 is 14.2 Å². The highest BCUT2D eigenvalue weighted by molar-refractivity contribution is 7.19. The minimum atomic E-state index is 0.585. The van der Waals surface area contributed by atoms with E-state index in [-0.39, 0.29) is 0 Å². The SMILES string of the molecule is CCc1sc2ncnc(NCc3ccco3)c2c1-c1ccoc1. The summed E-state index contributed by atoms with van der Waals surface area (Å²) in [6.07, 6.45) is 7.67. The smallest absolute Gasteiger partial charge is 0.139 e. The first-order chi connectivity index (χ1) is 11.4. The van der Waals surface area contributed by atoms with Gasteiger partial charge in [-0.3, -0.25) is 0 Å². The summed E-state index contributed by atoms with van der Waals surface area (Å²) in [5.41, 5.74) is 2.22. The number of fused-ring (bicyclic) bond motifs is 1. The number of anilines is 1. The molecule has 0 spiro atoms. The summed E-state index contributed by atoms with van der Waals surface area (Å²) in [7, 11) is 0. The number of hydrogen-bond donors (Lipinski definition) is 1. The number of thiophene rings is 1. The topological polar surface area (TPSA) is 64.1 Å². The molecular weight excluding hydrogens is 310 g/mol. The summed E-state index contributed by atoms with van der Waals surface area (Å²) in [5, 5.41) is 4.40. The van der Waals surface area contributed by atoms with Crippen LogP contribution in [-0.2, 0) is 13.0 Å². The lowest BCUT2D eigenvalue weighted by Gasteiger charge is -2.07. The molecular formula is C17H15N3O2S. The van der Waals surface area contributed by atoms with E-state index in [1.54, 1.807) is 36.5 Å². The molecule has 116 valence electrons. The van der Waals surface area contributed by atoms with E-state index < -0.39 is 0 Å². The number of hydrogen-bond acceptors (Lipinski definition) is 6. The standard InChI is InChI=1S/C17H15N3O2S/c1-2-13-14(11-5-7-21-9-11)15-16(19-10-20-17(15)23-13)18-8-12-4-3-6-22-12/h3-7,9-10H,2,8H2,1H3,(H,18,19,20). The number of aryl methyl sites for hydroxylation is 1. The van der Waals surface area contributed by atoms with Crippen LogP contribution in [0.4, 0.5) is 5.82 Å². The highest BCUT2D eigenvalue weighted by Crippen LogP contribution is 2.41. The van der Waals surface area contributed by atoms with Crippen molar-refractivity contribution in [2.75, 3.05) is 5.32 Å². The van der Waals surface area contributed by atoms with Gasteiger partial charge in [-0.1, -0.05) is 6.92 Å². The molecule has 23 heavy (non-hydrogen) atoms. The molecule has 0 bridgehead atoms. The third-order valence-electron chi connectivity index (χ3n) is 3.70. The highest BCUT2D eigenvalue weighted by atomic mass is 32.1. The van der Waals surface area contributed by atoms with E-state index in [1.807, 2.05) is 18.2 Å². The zero-order valence-electron chi connectivity index (χ0n) is 12.6. The van der Waals surface area contributed by atoms with Gasteiger partial charge in [0.15, 0.2) is 0 Å². The molecule has 0 unspecified atom stereocenters. The second-order valence-electron chi connectivity index (χ2n) is 5.10. The van der Waals surface area contributed by atoms with Crippen LogP contribution < -0.4 is 5.32 Å². The Morgan fingerprint density at radius 3 is 2.91 bits per heavy atom. The molecule has 0 aliphatic rings. The minimum Gasteiger partial charge on any atom is -0.472 e. The second-order valence-corrected chi connectivity index (χ2v) is 6.18. The Bertz CT molecular complexity index is 911. The molecule has 4 rings (SSSR count). The Morgan fingerprint density at radius 2 is 2.17 bits per heavy atom. The van der Waals surface area contributed by atoms with Crippen molar-refractivity contribution in [3.63, 3.8) is 0 Å². The molecule has 4 aromatic rings. The molecule has 6 heteroatoms. The van der Waals surface area contributed by atoms with Crippen molar-refractivity contribution in [2.45, 2.75) is 19.9 Å². The highest BCUT2D eigenvalue weighted by Gasteiger charge is 2.18. The summed E-state index contributed by atoms with van der Waals surface area (Å²) >= 11 is 1.70. The zero-order valence-corrected chi connectivity index (χ0v) is 13.4. The fourth-order valence-corrected chi connectivity index (χ4v) is 3.76. The maximum atomic E-state index is 5.38. The van der Waals surface area contributed by atoms with Gasteiger partial charge in [-0.25, -0.2) is 9.97 Å². The van der Waals surface area contributed by atoms with E-state index in [9.17, 15) is 0 Å². The zero-order chi connectivity index (χ0) is 15.6. The van der Waals surface area contributed by atoms with Crippen molar-refractivity contribution in [2.24, 2.45) is 0 Å². The lowest BCUT2D eigenvalue weighted by Crippen LogP contribution is -2.01. The van der Waals surface area contributed by atoms with E-state index in [0.717, 1.165) is 39.3 Å². The Morgan fingerprint density at radius 1 is 1.22 bits per heavy atom. The fraction of sp³-hybridized carbons (Fsp3) is 0.176. The van der Waals surface area contributed by atoms with Crippen LogP contribution in [0.1, 0.15) is 17.6 Å². The first-order valence-electron chi connectivity index (χ1n) is 7.42. The van der Waals surface area contributed by atoms with E-state index in [2.05, 4.69) is 22.2 Å². The number of nitrogens with one attached hydrogen (secondary N) is 1. The van der Waals surface area contributed by atoms with Gasteiger partial charge in [-0.05, 0) is 24.6 Å². The van der Waals surface area contributed by atoms with Crippen LogP contribution in [0.25, 0.3) is 21.3 Å². The summed E-state index contributed by atoms with van der Waals surface area (Å²) in [6.45, 7) is 2.74. The lowest BCUT2D eigenvalue weighted by molar-refractivity contribution is 0.518. The van der Waals surface area contributed by atoms with Gasteiger partial charge in [-0.15, -0.1) is 11.3 Å². The molecule has 1 N–H and O–H groups in total.